The van der Waals surface area contributed by atoms with Crippen molar-refractivity contribution in [2.24, 2.45) is 0 Å². The second-order valence-corrected chi connectivity index (χ2v) is 3.37. The van der Waals surface area contributed by atoms with Gasteiger partial charge in [0.2, 0.25) is 0 Å². The summed E-state index contributed by atoms with van der Waals surface area (Å²) < 4.78 is 22.3. The minimum absolute atomic E-state index is 0.523. The largest absolute Gasteiger partial charge is 0.760 e. The molecule has 2 N–H and O–H groups in total. The van der Waals surface area contributed by atoms with Gasteiger partial charge in [-0.1, -0.05) is 29.8 Å². The predicted molar refractivity (Wildman–Crippen MR) is 48.2 cm³/mol. The molecule has 0 aliphatic carbocycles. The summed E-state index contributed by atoms with van der Waals surface area (Å²) in [5.74, 6) is 0. The summed E-state index contributed by atoms with van der Waals surface area (Å²) in [4.78, 5) is 0. The molecule has 0 amide bonds. The number of aliphatic hydroxyl groups excluding tert-OH is 1. The summed E-state index contributed by atoms with van der Waals surface area (Å²) in [5.41, 5.74) is 1.58. The zero-order valence-electron chi connectivity index (χ0n) is 7.06. The summed E-state index contributed by atoms with van der Waals surface area (Å²) in [6, 6.07) is 6.93. The fourth-order valence-electron chi connectivity index (χ4n) is 0.908. The highest BCUT2D eigenvalue weighted by atomic mass is 32.2. The molecule has 0 heterocycles. The lowest BCUT2D eigenvalue weighted by Crippen LogP contribution is -2.22. The molecule has 0 spiro atoms. The van der Waals surface area contributed by atoms with Gasteiger partial charge < -0.3 is 9.66 Å². The molecule has 0 aliphatic heterocycles. The summed E-state index contributed by atoms with van der Waals surface area (Å²) in [6.07, 6.45) is -1.17. The third-order valence-electron chi connectivity index (χ3n) is 1.60. The molecule has 72 valence electrons. The molecule has 0 aliphatic rings. The molecule has 0 saturated heterocycles. The van der Waals surface area contributed by atoms with Gasteiger partial charge >= 0.3 is 0 Å². The first-order valence-electron chi connectivity index (χ1n) is 3.69. The fourth-order valence-corrected chi connectivity index (χ4v) is 1.23. The number of rotatable bonds is 3. The molecule has 5 heteroatoms. The van der Waals surface area contributed by atoms with Gasteiger partial charge in [0, 0.05) is 11.3 Å². The third kappa shape index (κ3) is 3.23. The van der Waals surface area contributed by atoms with Crippen molar-refractivity contribution in [2.45, 2.75) is 13.2 Å². The summed E-state index contributed by atoms with van der Waals surface area (Å²) in [7, 11) is 0. The zero-order chi connectivity index (χ0) is 9.84. The van der Waals surface area contributed by atoms with Gasteiger partial charge in [0.15, 0.2) is 0 Å². The molecule has 2 atom stereocenters. The summed E-state index contributed by atoms with van der Waals surface area (Å²) >= 11 is -2.45. The van der Waals surface area contributed by atoms with Crippen LogP contribution in [0.15, 0.2) is 24.3 Å². The van der Waals surface area contributed by atoms with Crippen LogP contribution in [0.1, 0.15) is 17.4 Å². The van der Waals surface area contributed by atoms with Crippen molar-refractivity contribution in [1.82, 2.24) is 4.72 Å². The van der Waals surface area contributed by atoms with Crippen molar-refractivity contribution < 1.29 is 13.9 Å². The number of benzene rings is 1. The minimum atomic E-state index is -2.45. The van der Waals surface area contributed by atoms with Crippen LogP contribution in [0.5, 0.6) is 0 Å². The van der Waals surface area contributed by atoms with E-state index in [1.807, 2.05) is 11.6 Å². The fraction of sp³-hybridized carbons (Fsp3) is 0.250. The van der Waals surface area contributed by atoms with Crippen LogP contribution in [0.25, 0.3) is 0 Å². The van der Waals surface area contributed by atoms with Gasteiger partial charge in [-0.15, -0.1) is 0 Å². The second-order valence-electron chi connectivity index (χ2n) is 2.67. The number of hydrogen-bond donors (Lipinski definition) is 2. The van der Waals surface area contributed by atoms with Crippen molar-refractivity contribution in [3.63, 3.8) is 0 Å². The van der Waals surface area contributed by atoms with Crippen molar-refractivity contribution in [3.8, 4) is 0 Å². The SMILES string of the molecule is Cc1ccc(C(O)NS(=O)[O-])cc1. The lowest BCUT2D eigenvalue weighted by molar-refractivity contribution is 0.165. The van der Waals surface area contributed by atoms with Crippen LogP contribution in [0.4, 0.5) is 0 Å². The third-order valence-corrected chi connectivity index (χ3v) is 2.02. The second kappa shape index (κ2) is 4.48. The molecule has 13 heavy (non-hydrogen) atoms. The molecular formula is C8H10NO3S-. The Morgan fingerprint density at radius 3 is 2.46 bits per heavy atom. The van der Waals surface area contributed by atoms with E-state index in [-0.39, 0.29) is 0 Å². The summed E-state index contributed by atoms with van der Waals surface area (Å²) in [5, 5.41) is 9.28. The van der Waals surface area contributed by atoms with Gasteiger partial charge in [-0.25, -0.2) is 4.72 Å². The molecule has 1 aromatic rings. The van der Waals surface area contributed by atoms with Crippen LogP contribution in [-0.2, 0) is 11.3 Å². The van der Waals surface area contributed by atoms with Crippen LogP contribution in [0, 0.1) is 6.92 Å². The molecule has 0 fully saturated rings. The van der Waals surface area contributed by atoms with E-state index < -0.39 is 17.5 Å². The van der Waals surface area contributed by atoms with E-state index in [4.69, 9.17) is 0 Å². The van der Waals surface area contributed by atoms with Crippen LogP contribution in [0.2, 0.25) is 0 Å². The Bertz CT molecular complexity index is 299. The first kappa shape index (κ1) is 10.3. The van der Waals surface area contributed by atoms with E-state index in [0.717, 1.165) is 5.56 Å². The van der Waals surface area contributed by atoms with Gasteiger partial charge in [-0.05, 0) is 12.5 Å². The minimum Gasteiger partial charge on any atom is -0.760 e. The lowest BCUT2D eigenvalue weighted by Gasteiger charge is -2.14. The maximum atomic E-state index is 10.2. The average Bonchev–Trinajstić information content (AvgIpc) is 2.04. The maximum absolute atomic E-state index is 10.2. The zero-order valence-corrected chi connectivity index (χ0v) is 7.88. The highest BCUT2D eigenvalue weighted by Gasteiger charge is 2.04. The lowest BCUT2D eigenvalue weighted by atomic mass is 10.1. The van der Waals surface area contributed by atoms with E-state index in [0.29, 0.717) is 5.56 Å². The molecule has 0 radical (unpaired) electrons. The van der Waals surface area contributed by atoms with Gasteiger partial charge in [0.1, 0.15) is 6.23 Å². The van der Waals surface area contributed by atoms with Crippen molar-refractivity contribution in [2.75, 3.05) is 0 Å². The number of aryl methyl sites for hydroxylation is 1. The smallest absolute Gasteiger partial charge is 0.140 e. The monoisotopic (exact) mass is 200 g/mol. The Hall–Kier alpha value is -0.750. The average molecular weight is 200 g/mol. The highest BCUT2D eigenvalue weighted by Crippen LogP contribution is 2.10. The normalized spacial score (nSPS) is 15.3. The molecule has 2 unspecified atom stereocenters. The Kier molecular flexibility index (Phi) is 3.56. The van der Waals surface area contributed by atoms with Crippen LogP contribution in [0.3, 0.4) is 0 Å². The van der Waals surface area contributed by atoms with E-state index in [1.165, 1.54) is 0 Å². The number of aliphatic hydroxyl groups is 1. The topological polar surface area (TPSA) is 72.4 Å². The first-order valence-corrected chi connectivity index (χ1v) is 4.77. The maximum Gasteiger partial charge on any atom is 0.140 e. The Morgan fingerprint density at radius 2 is 2.00 bits per heavy atom. The van der Waals surface area contributed by atoms with Crippen LogP contribution < -0.4 is 4.72 Å². The molecule has 4 nitrogen and oxygen atoms in total. The number of hydrogen-bond acceptors (Lipinski definition) is 3. The Balaban J connectivity index is 2.71. The van der Waals surface area contributed by atoms with Gasteiger partial charge in [0.05, 0.1) is 0 Å². The first-order chi connectivity index (χ1) is 6.09. The predicted octanol–water partition coefficient (Wildman–Crippen LogP) is 0.370. The molecule has 1 rings (SSSR count). The van der Waals surface area contributed by atoms with Gasteiger partial charge in [-0.2, -0.15) is 0 Å². The number of nitrogens with one attached hydrogen (secondary N) is 1. The molecular weight excluding hydrogens is 190 g/mol. The Labute approximate surface area is 79.0 Å². The van der Waals surface area contributed by atoms with Crippen LogP contribution in [-0.4, -0.2) is 13.9 Å². The summed E-state index contributed by atoms with van der Waals surface area (Å²) in [6.45, 7) is 1.91. The Morgan fingerprint density at radius 1 is 1.46 bits per heavy atom. The van der Waals surface area contributed by atoms with E-state index in [1.54, 1.807) is 24.3 Å². The van der Waals surface area contributed by atoms with Crippen molar-refractivity contribution in [1.29, 1.82) is 0 Å². The van der Waals surface area contributed by atoms with Crippen LogP contribution >= 0.6 is 0 Å². The quantitative estimate of drug-likeness (QED) is 0.547. The molecule has 0 saturated carbocycles. The van der Waals surface area contributed by atoms with Crippen molar-refractivity contribution in [3.05, 3.63) is 35.4 Å². The van der Waals surface area contributed by atoms with E-state index >= 15 is 0 Å². The van der Waals surface area contributed by atoms with E-state index in [2.05, 4.69) is 0 Å². The van der Waals surface area contributed by atoms with E-state index in [9.17, 15) is 13.9 Å². The molecule has 1 aromatic carbocycles. The highest BCUT2D eigenvalue weighted by molar-refractivity contribution is 7.77. The van der Waals surface area contributed by atoms with Gasteiger partial charge in [0.25, 0.3) is 0 Å². The molecule has 0 aromatic heterocycles. The van der Waals surface area contributed by atoms with Gasteiger partial charge in [-0.3, -0.25) is 4.21 Å². The molecule has 0 bridgehead atoms. The van der Waals surface area contributed by atoms with Crippen molar-refractivity contribution >= 4 is 11.3 Å². The standard InChI is InChI=1S/C8H11NO3S/c1-6-2-4-7(5-3-6)8(10)9-13(11)12/h2-5,8-10H,1H3,(H,11,12)/p-1.